The van der Waals surface area contributed by atoms with Crippen molar-refractivity contribution in [1.29, 1.82) is 0 Å². The Morgan fingerprint density at radius 1 is 1.33 bits per heavy atom. The number of pyridine rings is 1. The molecule has 0 aromatic carbocycles. The van der Waals surface area contributed by atoms with Crippen molar-refractivity contribution in [2.45, 2.75) is 33.6 Å². The number of hydrogen-bond acceptors (Lipinski definition) is 3. The van der Waals surface area contributed by atoms with Gasteiger partial charge in [-0.15, -0.1) is 0 Å². The molecule has 0 aliphatic heterocycles. The molecule has 0 radical (unpaired) electrons. The third-order valence-corrected chi connectivity index (χ3v) is 3.00. The normalized spacial score (nSPS) is 10.6. The summed E-state index contributed by atoms with van der Waals surface area (Å²) < 4.78 is 1.79. The molecule has 0 saturated heterocycles. The highest BCUT2D eigenvalue weighted by Gasteiger charge is 2.16. The first-order valence-electron chi connectivity index (χ1n) is 6.20. The summed E-state index contributed by atoms with van der Waals surface area (Å²) in [4.78, 5) is 15.5. The molecule has 2 rings (SSSR count). The number of carbonyl (C=O) groups is 1. The van der Waals surface area contributed by atoms with Crippen LogP contribution in [0.15, 0.2) is 18.3 Å². The van der Waals surface area contributed by atoms with Gasteiger partial charge in [0.1, 0.15) is 0 Å². The van der Waals surface area contributed by atoms with Crippen LogP contribution >= 0.6 is 0 Å². The van der Waals surface area contributed by atoms with Gasteiger partial charge in [-0.3, -0.25) is 4.79 Å². The lowest BCUT2D eigenvalue weighted by Gasteiger charge is -2.05. The quantitative estimate of drug-likeness (QED) is 0.775. The maximum absolute atomic E-state index is 11.2. The lowest BCUT2D eigenvalue weighted by molar-refractivity contribution is 0.112. The highest BCUT2D eigenvalue weighted by molar-refractivity contribution is 5.78. The van der Waals surface area contributed by atoms with Gasteiger partial charge in [-0.2, -0.15) is 5.10 Å². The van der Waals surface area contributed by atoms with Crippen molar-refractivity contribution in [1.82, 2.24) is 14.8 Å². The van der Waals surface area contributed by atoms with E-state index in [0.29, 0.717) is 5.56 Å². The molecule has 2 aromatic heterocycles. The average Bonchev–Trinajstić information content (AvgIpc) is 2.76. The van der Waals surface area contributed by atoms with Crippen LogP contribution in [0.3, 0.4) is 0 Å². The lowest BCUT2D eigenvalue weighted by Crippen LogP contribution is -2.04. The fourth-order valence-corrected chi connectivity index (χ4v) is 2.08. The largest absolute Gasteiger partial charge is 0.298 e. The molecule has 0 spiro atoms. The average molecular weight is 243 g/mol. The number of carbonyl (C=O) groups excluding carboxylic acids is 1. The summed E-state index contributed by atoms with van der Waals surface area (Å²) in [7, 11) is 0. The summed E-state index contributed by atoms with van der Waals surface area (Å²) in [5.74, 6) is 0.773. The third-order valence-electron chi connectivity index (χ3n) is 3.00. The van der Waals surface area contributed by atoms with Crippen LogP contribution in [0.4, 0.5) is 0 Å². The van der Waals surface area contributed by atoms with E-state index in [9.17, 15) is 4.79 Å². The molecule has 0 bridgehead atoms. The van der Waals surface area contributed by atoms with Gasteiger partial charge < -0.3 is 0 Å². The molecule has 4 heteroatoms. The second-order valence-corrected chi connectivity index (χ2v) is 4.24. The monoisotopic (exact) mass is 243 g/mol. The Kier molecular flexibility index (Phi) is 3.55. The van der Waals surface area contributed by atoms with Gasteiger partial charge in [0.15, 0.2) is 12.1 Å². The standard InChI is InChI=1S/C14H17N3O/c1-4-12-11(9-18)13(5-2)17(16-12)14-8-10(3)6-7-15-14/h6-9H,4-5H2,1-3H3. The van der Waals surface area contributed by atoms with E-state index in [1.165, 1.54) is 0 Å². The van der Waals surface area contributed by atoms with E-state index in [-0.39, 0.29) is 0 Å². The summed E-state index contributed by atoms with van der Waals surface area (Å²) in [6.07, 6.45) is 4.17. The molecule has 94 valence electrons. The summed E-state index contributed by atoms with van der Waals surface area (Å²) in [5.41, 5.74) is 3.61. The Balaban J connectivity index is 2.63. The zero-order valence-corrected chi connectivity index (χ0v) is 11.0. The molecule has 0 fully saturated rings. The predicted molar refractivity (Wildman–Crippen MR) is 70.2 cm³/mol. The van der Waals surface area contributed by atoms with E-state index in [2.05, 4.69) is 10.1 Å². The molecule has 0 atom stereocenters. The highest BCUT2D eigenvalue weighted by atomic mass is 16.1. The van der Waals surface area contributed by atoms with Gasteiger partial charge in [0.25, 0.3) is 0 Å². The number of rotatable bonds is 4. The summed E-state index contributed by atoms with van der Waals surface area (Å²) >= 11 is 0. The Labute approximate surface area is 107 Å². The van der Waals surface area contributed by atoms with E-state index in [1.54, 1.807) is 10.9 Å². The van der Waals surface area contributed by atoms with Crippen LogP contribution < -0.4 is 0 Å². The first-order valence-corrected chi connectivity index (χ1v) is 6.20. The van der Waals surface area contributed by atoms with E-state index < -0.39 is 0 Å². The first-order chi connectivity index (χ1) is 8.71. The molecule has 4 nitrogen and oxygen atoms in total. The van der Waals surface area contributed by atoms with E-state index in [1.807, 2.05) is 32.9 Å². The predicted octanol–water partition coefficient (Wildman–Crippen LogP) is 2.51. The van der Waals surface area contributed by atoms with Crippen LogP contribution in [-0.4, -0.2) is 21.1 Å². The highest BCUT2D eigenvalue weighted by Crippen LogP contribution is 2.18. The van der Waals surface area contributed by atoms with Gasteiger partial charge >= 0.3 is 0 Å². The fourth-order valence-electron chi connectivity index (χ4n) is 2.08. The number of aromatic nitrogens is 3. The summed E-state index contributed by atoms with van der Waals surface area (Å²) in [6.45, 7) is 6.04. The SMILES string of the molecule is CCc1nn(-c2cc(C)ccn2)c(CC)c1C=O. The molecule has 0 aliphatic rings. The minimum absolute atomic E-state index is 0.711. The van der Waals surface area contributed by atoms with E-state index >= 15 is 0 Å². The van der Waals surface area contributed by atoms with Crippen molar-refractivity contribution in [2.24, 2.45) is 0 Å². The summed E-state index contributed by atoms with van der Waals surface area (Å²) in [5, 5.41) is 4.50. The molecule has 18 heavy (non-hydrogen) atoms. The molecule has 0 aliphatic carbocycles. The molecule has 0 amide bonds. The van der Waals surface area contributed by atoms with Gasteiger partial charge in [-0.05, 0) is 37.5 Å². The van der Waals surface area contributed by atoms with Crippen LogP contribution in [-0.2, 0) is 12.8 Å². The van der Waals surface area contributed by atoms with Crippen LogP contribution in [0.5, 0.6) is 0 Å². The maximum atomic E-state index is 11.2. The van der Waals surface area contributed by atoms with Crippen molar-refractivity contribution >= 4 is 6.29 Å². The molecule has 0 unspecified atom stereocenters. The van der Waals surface area contributed by atoms with Crippen molar-refractivity contribution in [3.05, 3.63) is 40.8 Å². The van der Waals surface area contributed by atoms with Crippen molar-refractivity contribution < 1.29 is 4.79 Å². The zero-order chi connectivity index (χ0) is 13.1. The van der Waals surface area contributed by atoms with Crippen LogP contribution in [0.2, 0.25) is 0 Å². The third kappa shape index (κ3) is 2.06. The molecular formula is C14H17N3O. The van der Waals surface area contributed by atoms with Crippen molar-refractivity contribution in [3.63, 3.8) is 0 Å². The zero-order valence-electron chi connectivity index (χ0n) is 11.0. The molecule has 0 N–H and O–H groups in total. The Bertz CT molecular complexity index is 572. The van der Waals surface area contributed by atoms with E-state index in [4.69, 9.17) is 0 Å². The minimum Gasteiger partial charge on any atom is -0.298 e. The lowest BCUT2D eigenvalue weighted by atomic mass is 10.1. The Morgan fingerprint density at radius 2 is 2.11 bits per heavy atom. The maximum Gasteiger partial charge on any atom is 0.153 e. The van der Waals surface area contributed by atoms with Gasteiger partial charge in [-0.25, -0.2) is 9.67 Å². The second-order valence-electron chi connectivity index (χ2n) is 4.24. The minimum atomic E-state index is 0.711. The van der Waals surface area contributed by atoms with E-state index in [0.717, 1.165) is 41.9 Å². The summed E-state index contributed by atoms with van der Waals surface area (Å²) in [6, 6.07) is 3.92. The van der Waals surface area contributed by atoms with Gasteiger partial charge in [0.2, 0.25) is 0 Å². The number of hydrogen-bond donors (Lipinski definition) is 0. The Hall–Kier alpha value is -1.97. The van der Waals surface area contributed by atoms with Crippen LogP contribution in [0.1, 0.15) is 41.2 Å². The van der Waals surface area contributed by atoms with Gasteiger partial charge in [-0.1, -0.05) is 13.8 Å². The van der Waals surface area contributed by atoms with Crippen LogP contribution in [0, 0.1) is 6.92 Å². The number of aryl methyl sites for hydroxylation is 2. The first kappa shape index (κ1) is 12.5. The molecule has 2 aromatic rings. The second kappa shape index (κ2) is 5.12. The van der Waals surface area contributed by atoms with Gasteiger partial charge in [0, 0.05) is 6.20 Å². The number of aldehydes is 1. The molecule has 0 saturated carbocycles. The van der Waals surface area contributed by atoms with Crippen LogP contribution in [0.25, 0.3) is 5.82 Å². The molecule has 2 heterocycles. The number of nitrogens with zero attached hydrogens (tertiary/aromatic N) is 3. The molecular weight excluding hydrogens is 226 g/mol. The Morgan fingerprint density at radius 3 is 2.67 bits per heavy atom. The van der Waals surface area contributed by atoms with Crippen molar-refractivity contribution in [2.75, 3.05) is 0 Å². The fraction of sp³-hybridized carbons (Fsp3) is 0.357. The smallest absolute Gasteiger partial charge is 0.153 e. The topological polar surface area (TPSA) is 47.8 Å². The van der Waals surface area contributed by atoms with Crippen molar-refractivity contribution in [3.8, 4) is 5.82 Å². The van der Waals surface area contributed by atoms with Gasteiger partial charge in [0.05, 0.1) is 17.0 Å².